The molecule has 0 fully saturated rings. The summed E-state index contributed by atoms with van der Waals surface area (Å²) in [6.45, 7) is 7.27. The Morgan fingerprint density at radius 1 is 1.10 bits per heavy atom. The van der Waals surface area contributed by atoms with Gasteiger partial charge in [0.2, 0.25) is 0 Å². The molecule has 0 aliphatic carbocycles. The first-order valence-corrected chi connectivity index (χ1v) is 8.38. The van der Waals surface area contributed by atoms with E-state index in [0.717, 1.165) is 5.02 Å². The molecule has 1 nitrogen and oxygen atoms in total. The maximum atomic E-state index is 6.07. The van der Waals surface area contributed by atoms with Crippen molar-refractivity contribution < 1.29 is 0 Å². The Bertz CT molecular complexity index is 587. The highest BCUT2D eigenvalue weighted by Gasteiger charge is 2.15. The second-order valence-corrected chi connectivity index (χ2v) is 7.88. The third kappa shape index (κ3) is 4.50. The summed E-state index contributed by atoms with van der Waals surface area (Å²) in [4.78, 5) is 1.23. The van der Waals surface area contributed by atoms with Gasteiger partial charge >= 0.3 is 0 Å². The Morgan fingerprint density at radius 2 is 1.76 bits per heavy atom. The minimum Gasteiger partial charge on any atom is -0.329 e. The zero-order chi connectivity index (χ0) is 15.5. The van der Waals surface area contributed by atoms with Gasteiger partial charge in [0, 0.05) is 21.7 Å². The van der Waals surface area contributed by atoms with Crippen molar-refractivity contribution in [2.24, 2.45) is 5.73 Å². The summed E-state index contributed by atoms with van der Waals surface area (Å²) < 4.78 is 0. The second kappa shape index (κ2) is 6.87. The summed E-state index contributed by atoms with van der Waals surface area (Å²) in [5, 5.41) is 0.985. The van der Waals surface area contributed by atoms with Gasteiger partial charge in [-0.05, 0) is 40.8 Å². The molecule has 0 aliphatic heterocycles. The van der Waals surface area contributed by atoms with Crippen LogP contribution in [-0.4, -0.2) is 6.54 Å². The fourth-order valence-electron chi connectivity index (χ4n) is 2.16. The van der Waals surface area contributed by atoms with Crippen molar-refractivity contribution in [1.82, 2.24) is 0 Å². The highest BCUT2D eigenvalue weighted by atomic mass is 35.5. The average Bonchev–Trinajstić information content (AvgIpc) is 2.44. The topological polar surface area (TPSA) is 26.0 Å². The normalized spacial score (nSPS) is 13.2. The van der Waals surface area contributed by atoms with Gasteiger partial charge in [-0.3, -0.25) is 0 Å². The van der Waals surface area contributed by atoms with E-state index in [1.54, 1.807) is 11.8 Å². The van der Waals surface area contributed by atoms with E-state index in [2.05, 4.69) is 51.1 Å². The summed E-state index contributed by atoms with van der Waals surface area (Å²) in [6.07, 6.45) is 0. The molecule has 1 unspecified atom stereocenters. The highest BCUT2D eigenvalue weighted by molar-refractivity contribution is 7.99. The van der Waals surface area contributed by atoms with Gasteiger partial charge in [-0.15, -0.1) is 11.8 Å². The van der Waals surface area contributed by atoms with Crippen LogP contribution < -0.4 is 5.73 Å². The van der Waals surface area contributed by atoms with E-state index in [4.69, 9.17) is 17.3 Å². The van der Waals surface area contributed by atoms with Crippen LogP contribution in [0.3, 0.4) is 0 Å². The predicted molar refractivity (Wildman–Crippen MR) is 94.2 cm³/mol. The van der Waals surface area contributed by atoms with Crippen molar-refractivity contribution in [3.8, 4) is 0 Å². The first kappa shape index (κ1) is 16.4. The number of benzene rings is 2. The standard InChI is InChI=1S/C18H22ClNS/c1-18(2,3)14-7-9-16(10-8-14)21-17(12-20)13-5-4-6-15(19)11-13/h4-11,17H,12,20H2,1-3H3. The molecule has 0 amide bonds. The largest absolute Gasteiger partial charge is 0.329 e. The van der Waals surface area contributed by atoms with Crippen LogP contribution in [0.25, 0.3) is 0 Å². The maximum Gasteiger partial charge on any atom is 0.0467 e. The average molecular weight is 320 g/mol. The molecule has 2 aromatic rings. The first-order valence-electron chi connectivity index (χ1n) is 7.13. The summed E-state index contributed by atoms with van der Waals surface area (Å²) in [6, 6.07) is 16.7. The van der Waals surface area contributed by atoms with Gasteiger partial charge in [0.1, 0.15) is 0 Å². The van der Waals surface area contributed by atoms with Gasteiger partial charge in [-0.25, -0.2) is 0 Å². The lowest BCUT2D eigenvalue weighted by molar-refractivity contribution is 0.590. The van der Waals surface area contributed by atoms with E-state index in [-0.39, 0.29) is 10.7 Å². The van der Waals surface area contributed by atoms with Gasteiger partial charge in [0.25, 0.3) is 0 Å². The summed E-state index contributed by atoms with van der Waals surface area (Å²) in [5.41, 5.74) is 8.64. The van der Waals surface area contributed by atoms with Crippen LogP contribution in [0.5, 0.6) is 0 Å². The number of nitrogens with two attached hydrogens (primary N) is 1. The molecule has 0 radical (unpaired) electrons. The van der Waals surface area contributed by atoms with Crippen molar-refractivity contribution in [3.63, 3.8) is 0 Å². The second-order valence-electron chi connectivity index (χ2n) is 6.17. The van der Waals surface area contributed by atoms with Crippen LogP contribution in [0.1, 0.15) is 37.1 Å². The molecule has 3 heteroatoms. The van der Waals surface area contributed by atoms with Crippen LogP contribution in [-0.2, 0) is 5.41 Å². The molecule has 21 heavy (non-hydrogen) atoms. The van der Waals surface area contributed by atoms with Crippen molar-refractivity contribution in [2.45, 2.75) is 36.3 Å². The van der Waals surface area contributed by atoms with E-state index < -0.39 is 0 Å². The van der Waals surface area contributed by atoms with Crippen LogP contribution in [0, 0.1) is 0 Å². The fourth-order valence-corrected chi connectivity index (χ4v) is 3.36. The zero-order valence-corrected chi connectivity index (χ0v) is 14.3. The summed E-state index contributed by atoms with van der Waals surface area (Å²) in [7, 11) is 0. The molecule has 0 aliphatic rings. The Hall–Kier alpha value is -0.960. The van der Waals surface area contributed by atoms with Gasteiger partial charge in [-0.2, -0.15) is 0 Å². The van der Waals surface area contributed by atoms with Gasteiger partial charge < -0.3 is 5.73 Å². The van der Waals surface area contributed by atoms with Crippen molar-refractivity contribution >= 4 is 23.4 Å². The number of rotatable bonds is 4. The lowest BCUT2D eigenvalue weighted by Gasteiger charge is -2.20. The predicted octanol–water partition coefficient (Wildman–Crippen LogP) is 5.43. The molecule has 112 valence electrons. The first-order chi connectivity index (χ1) is 9.90. The molecule has 0 saturated carbocycles. The van der Waals surface area contributed by atoms with E-state index in [0.29, 0.717) is 6.54 Å². The Labute approximate surface area is 136 Å². The number of halogens is 1. The molecular weight excluding hydrogens is 298 g/mol. The Kier molecular flexibility index (Phi) is 5.37. The summed E-state index contributed by atoms with van der Waals surface area (Å²) >= 11 is 7.86. The molecule has 0 bridgehead atoms. The molecule has 2 rings (SSSR count). The Balaban J connectivity index is 2.15. The number of thioether (sulfide) groups is 1. The number of hydrogen-bond donors (Lipinski definition) is 1. The third-order valence-corrected chi connectivity index (χ3v) is 4.96. The molecular formula is C18H22ClNS. The smallest absolute Gasteiger partial charge is 0.0467 e. The van der Waals surface area contributed by atoms with Crippen molar-refractivity contribution in [1.29, 1.82) is 0 Å². The zero-order valence-electron chi connectivity index (χ0n) is 12.8. The molecule has 0 heterocycles. The highest BCUT2D eigenvalue weighted by Crippen LogP contribution is 2.36. The Morgan fingerprint density at radius 3 is 2.29 bits per heavy atom. The van der Waals surface area contributed by atoms with Crippen LogP contribution in [0.15, 0.2) is 53.4 Å². The number of hydrogen-bond acceptors (Lipinski definition) is 2. The molecule has 0 spiro atoms. The fraction of sp³-hybridized carbons (Fsp3) is 0.333. The SMILES string of the molecule is CC(C)(C)c1ccc(SC(CN)c2cccc(Cl)c2)cc1. The van der Waals surface area contributed by atoms with Crippen LogP contribution >= 0.6 is 23.4 Å². The molecule has 2 N–H and O–H groups in total. The molecule has 2 aromatic carbocycles. The van der Waals surface area contributed by atoms with E-state index >= 15 is 0 Å². The van der Waals surface area contributed by atoms with Gasteiger partial charge in [-0.1, -0.05) is 56.6 Å². The minimum atomic E-state index is 0.184. The van der Waals surface area contributed by atoms with Gasteiger partial charge in [0.05, 0.1) is 0 Å². The van der Waals surface area contributed by atoms with E-state index in [9.17, 15) is 0 Å². The lowest BCUT2D eigenvalue weighted by Crippen LogP contribution is -2.11. The van der Waals surface area contributed by atoms with Crippen molar-refractivity contribution in [3.05, 3.63) is 64.7 Å². The molecule has 0 saturated heterocycles. The van der Waals surface area contributed by atoms with E-state index in [1.165, 1.54) is 16.0 Å². The maximum absolute atomic E-state index is 6.07. The third-order valence-electron chi connectivity index (χ3n) is 3.43. The van der Waals surface area contributed by atoms with Gasteiger partial charge in [0.15, 0.2) is 0 Å². The molecule has 1 atom stereocenters. The van der Waals surface area contributed by atoms with E-state index in [1.807, 2.05) is 18.2 Å². The monoisotopic (exact) mass is 319 g/mol. The lowest BCUT2D eigenvalue weighted by atomic mass is 9.87. The van der Waals surface area contributed by atoms with Crippen LogP contribution in [0.4, 0.5) is 0 Å². The van der Waals surface area contributed by atoms with Crippen molar-refractivity contribution in [2.75, 3.05) is 6.54 Å². The summed E-state index contributed by atoms with van der Waals surface area (Å²) in [5.74, 6) is 0. The van der Waals surface area contributed by atoms with Crippen LogP contribution in [0.2, 0.25) is 5.02 Å². The molecule has 0 aromatic heterocycles. The minimum absolute atomic E-state index is 0.184. The quantitative estimate of drug-likeness (QED) is 0.760.